The molecule has 84 valence electrons. The van der Waals surface area contributed by atoms with Crippen LogP contribution >= 0.6 is 0 Å². The van der Waals surface area contributed by atoms with Gasteiger partial charge in [0, 0.05) is 18.7 Å². The number of fused-ring (bicyclic) bond motifs is 1. The number of imidazole rings is 1. The third-order valence-electron chi connectivity index (χ3n) is 3.47. The van der Waals surface area contributed by atoms with Crippen LogP contribution < -0.4 is 5.32 Å². The zero-order chi connectivity index (χ0) is 11.0. The molecule has 1 unspecified atom stereocenters. The summed E-state index contributed by atoms with van der Waals surface area (Å²) in [4.78, 5) is 4.60. The number of nitrogens with one attached hydrogen (secondary N) is 1. The first-order chi connectivity index (χ1) is 7.86. The average Bonchev–Trinajstić information content (AvgIpc) is 2.75. The van der Waals surface area contributed by atoms with Crippen molar-refractivity contribution in [3.63, 3.8) is 0 Å². The van der Waals surface area contributed by atoms with E-state index in [9.17, 15) is 0 Å². The van der Waals surface area contributed by atoms with Gasteiger partial charge in [0.05, 0.1) is 17.5 Å². The maximum atomic E-state index is 4.60. The minimum atomic E-state index is 0.583. The number of aryl methyl sites for hydroxylation is 1. The van der Waals surface area contributed by atoms with E-state index in [0.717, 1.165) is 13.1 Å². The van der Waals surface area contributed by atoms with Crippen molar-refractivity contribution in [2.24, 2.45) is 0 Å². The first kappa shape index (κ1) is 9.85. The summed E-state index contributed by atoms with van der Waals surface area (Å²) in [6.45, 7) is 4.39. The van der Waals surface area contributed by atoms with Gasteiger partial charge in [0.2, 0.25) is 0 Å². The van der Waals surface area contributed by atoms with Crippen LogP contribution in [0.3, 0.4) is 0 Å². The number of nitrogens with zero attached hydrogens (tertiary/aromatic N) is 2. The minimum absolute atomic E-state index is 0.583. The highest BCUT2D eigenvalue weighted by Crippen LogP contribution is 2.27. The van der Waals surface area contributed by atoms with E-state index in [0.29, 0.717) is 5.92 Å². The van der Waals surface area contributed by atoms with Crippen LogP contribution in [0.4, 0.5) is 0 Å². The summed E-state index contributed by atoms with van der Waals surface area (Å²) < 4.78 is 2.14. The Kier molecular flexibility index (Phi) is 2.40. The van der Waals surface area contributed by atoms with Gasteiger partial charge in [0.1, 0.15) is 0 Å². The molecule has 1 saturated heterocycles. The highest BCUT2D eigenvalue weighted by Gasteiger charge is 2.20. The summed E-state index contributed by atoms with van der Waals surface area (Å²) in [6, 6.07) is 4.24. The normalized spacial score (nSPS) is 21.4. The second-order valence-electron chi connectivity index (χ2n) is 4.62. The fourth-order valence-electron chi connectivity index (χ4n) is 2.64. The zero-order valence-corrected chi connectivity index (χ0v) is 9.61. The largest absolute Gasteiger partial charge is 0.316 e. The predicted octanol–water partition coefficient (Wildman–Crippen LogP) is 2.11. The first-order valence-corrected chi connectivity index (χ1v) is 5.99. The van der Waals surface area contributed by atoms with Crippen molar-refractivity contribution in [3.8, 4) is 0 Å². The van der Waals surface area contributed by atoms with Crippen molar-refractivity contribution in [3.05, 3.63) is 35.9 Å². The number of hydrogen-bond acceptors (Lipinski definition) is 2. The van der Waals surface area contributed by atoms with E-state index in [1.54, 1.807) is 0 Å². The number of rotatable bonds is 1. The molecule has 3 heteroatoms. The fourth-order valence-corrected chi connectivity index (χ4v) is 2.64. The Morgan fingerprint density at radius 2 is 2.44 bits per heavy atom. The first-order valence-electron chi connectivity index (χ1n) is 5.99. The summed E-state index contributed by atoms with van der Waals surface area (Å²) in [5.41, 5.74) is 3.89. The molecule has 3 nitrogen and oxygen atoms in total. The minimum Gasteiger partial charge on any atom is -0.316 e. The summed E-state index contributed by atoms with van der Waals surface area (Å²) in [7, 11) is 0. The van der Waals surface area contributed by atoms with Gasteiger partial charge >= 0.3 is 0 Å². The lowest BCUT2D eigenvalue weighted by Crippen LogP contribution is -2.28. The van der Waals surface area contributed by atoms with E-state index >= 15 is 0 Å². The Labute approximate surface area is 95.5 Å². The maximum absolute atomic E-state index is 4.60. The van der Waals surface area contributed by atoms with Crippen LogP contribution in [0.2, 0.25) is 0 Å². The Hall–Kier alpha value is -1.35. The third kappa shape index (κ3) is 1.52. The van der Waals surface area contributed by atoms with Gasteiger partial charge in [0.25, 0.3) is 0 Å². The van der Waals surface area contributed by atoms with E-state index in [2.05, 4.69) is 40.0 Å². The van der Waals surface area contributed by atoms with E-state index in [1.165, 1.54) is 29.6 Å². The molecule has 0 amide bonds. The van der Waals surface area contributed by atoms with Crippen LogP contribution in [0.25, 0.3) is 5.52 Å². The molecule has 1 aliphatic heterocycles. The van der Waals surface area contributed by atoms with Gasteiger partial charge in [-0.05, 0) is 37.9 Å². The topological polar surface area (TPSA) is 29.3 Å². The maximum Gasteiger partial charge on any atom is 0.0995 e. The molecule has 0 radical (unpaired) electrons. The number of pyridine rings is 1. The Morgan fingerprint density at radius 3 is 3.25 bits per heavy atom. The van der Waals surface area contributed by atoms with Gasteiger partial charge in [-0.2, -0.15) is 0 Å². The number of piperidine rings is 1. The van der Waals surface area contributed by atoms with Gasteiger partial charge in [-0.25, -0.2) is 4.98 Å². The van der Waals surface area contributed by atoms with Gasteiger partial charge in [0.15, 0.2) is 0 Å². The van der Waals surface area contributed by atoms with Crippen molar-refractivity contribution in [2.45, 2.75) is 25.7 Å². The Morgan fingerprint density at radius 1 is 1.50 bits per heavy atom. The predicted molar refractivity (Wildman–Crippen MR) is 64.8 cm³/mol. The Balaban J connectivity index is 2.09. The molecule has 2 aromatic rings. The molecule has 0 aromatic carbocycles. The highest BCUT2D eigenvalue weighted by atomic mass is 15.0. The molecule has 0 spiro atoms. The van der Waals surface area contributed by atoms with Crippen LogP contribution in [0.1, 0.15) is 30.0 Å². The SMILES string of the molecule is Cc1cccn2cnc(C3CCCNC3)c12. The quantitative estimate of drug-likeness (QED) is 0.789. The highest BCUT2D eigenvalue weighted by molar-refractivity contribution is 5.59. The lowest BCUT2D eigenvalue weighted by molar-refractivity contribution is 0.457. The summed E-state index contributed by atoms with van der Waals surface area (Å²) in [5, 5.41) is 3.46. The average molecular weight is 215 g/mol. The van der Waals surface area contributed by atoms with E-state index in [4.69, 9.17) is 0 Å². The van der Waals surface area contributed by atoms with Gasteiger partial charge in [-0.15, -0.1) is 0 Å². The van der Waals surface area contributed by atoms with Crippen molar-refractivity contribution in [1.29, 1.82) is 0 Å². The molecular weight excluding hydrogens is 198 g/mol. The lowest BCUT2D eigenvalue weighted by Gasteiger charge is -2.21. The summed E-state index contributed by atoms with van der Waals surface area (Å²) >= 11 is 0. The molecular formula is C13H17N3. The summed E-state index contributed by atoms with van der Waals surface area (Å²) in [5.74, 6) is 0.583. The molecule has 1 aliphatic rings. The molecule has 16 heavy (non-hydrogen) atoms. The van der Waals surface area contributed by atoms with Gasteiger partial charge in [-0.3, -0.25) is 0 Å². The fraction of sp³-hybridized carbons (Fsp3) is 0.462. The molecule has 1 N–H and O–H groups in total. The van der Waals surface area contributed by atoms with Crippen LogP contribution in [0.15, 0.2) is 24.7 Å². The molecule has 3 heterocycles. The van der Waals surface area contributed by atoms with Crippen LogP contribution in [0.5, 0.6) is 0 Å². The van der Waals surface area contributed by atoms with Crippen molar-refractivity contribution >= 4 is 5.52 Å². The second-order valence-corrected chi connectivity index (χ2v) is 4.62. The van der Waals surface area contributed by atoms with Crippen molar-refractivity contribution in [2.75, 3.05) is 13.1 Å². The third-order valence-corrected chi connectivity index (χ3v) is 3.47. The monoisotopic (exact) mass is 215 g/mol. The van der Waals surface area contributed by atoms with Crippen molar-refractivity contribution in [1.82, 2.24) is 14.7 Å². The van der Waals surface area contributed by atoms with Crippen LogP contribution in [-0.2, 0) is 0 Å². The number of aromatic nitrogens is 2. The van der Waals surface area contributed by atoms with Crippen LogP contribution in [0, 0.1) is 6.92 Å². The van der Waals surface area contributed by atoms with Gasteiger partial charge in [-0.1, -0.05) is 6.07 Å². The van der Waals surface area contributed by atoms with E-state index in [1.807, 2.05) is 6.33 Å². The molecule has 0 saturated carbocycles. The zero-order valence-electron chi connectivity index (χ0n) is 9.61. The summed E-state index contributed by atoms with van der Waals surface area (Å²) in [6.07, 6.45) is 6.53. The lowest BCUT2D eigenvalue weighted by atomic mass is 9.94. The molecule has 0 bridgehead atoms. The standard InChI is InChI=1S/C13H17N3/c1-10-4-3-7-16-9-15-12(13(10)16)11-5-2-6-14-8-11/h3-4,7,9,11,14H,2,5-6,8H2,1H3. The molecule has 0 aliphatic carbocycles. The molecule has 1 atom stereocenters. The van der Waals surface area contributed by atoms with E-state index in [-0.39, 0.29) is 0 Å². The second kappa shape index (κ2) is 3.91. The van der Waals surface area contributed by atoms with Crippen LogP contribution in [-0.4, -0.2) is 22.5 Å². The van der Waals surface area contributed by atoms with Crippen molar-refractivity contribution < 1.29 is 0 Å². The number of hydrogen-bond donors (Lipinski definition) is 1. The smallest absolute Gasteiger partial charge is 0.0995 e. The molecule has 2 aromatic heterocycles. The van der Waals surface area contributed by atoms with E-state index < -0.39 is 0 Å². The molecule has 1 fully saturated rings. The molecule has 3 rings (SSSR count). The van der Waals surface area contributed by atoms with Gasteiger partial charge < -0.3 is 9.72 Å². The Bertz CT molecular complexity index is 495.